The van der Waals surface area contributed by atoms with Crippen LogP contribution in [0.25, 0.3) is 0 Å². The fraction of sp³-hybridized carbons (Fsp3) is 0.400. The van der Waals surface area contributed by atoms with Crippen molar-refractivity contribution in [1.82, 2.24) is 0 Å². The Balaban J connectivity index is 0.000000496. The summed E-state index contributed by atoms with van der Waals surface area (Å²) in [5.74, 6) is 3.06. The first-order chi connectivity index (χ1) is 33.5. The van der Waals surface area contributed by atoms with Crippen molar-refractivity contribution in [3.63, 3.8) is 0 Å². The monoisotopic (exact) mass is 952 g/mol. The minimum absolute atomic E-state index is 0.608. The molecule has 360 valence electrons. The number of rotatable bonds is 2. The molecule has 0 aromatic heterocycles. The molecule has 8 heteroatoms. The molecule has 0 unspecified atom stereocenters. The Labute approximate surface area is 408 Å². The second-order valence-corrected chi connectivity index (χ2v) is 23.9. The van der Waals surface area contributed by atoms with Gasteiger partial charge in [0, 0.05) is 31.8 Å². The van der Waals surface area contributed by atoms with Crippen LogP contribution >= 0.6 is 14.3 Å². The van der Waals surface area contributed by atoms with E-state index in [1.54, 1.807) is 0 Å². The first-order valence-corrected chi connectivity index (χ1v) is 29.2. The maximum atomic E-state index is 15.0. The molecule has 8 bridgehead atoms. The molecule has 0 radical (unpaired) electrons. The quantitative estimate of drug-likeness (QED) is 0.161. The Morgan fingerprint density at radius 2 is 0.397 bits per heavy atom. The molecule has 0 atom stereocenters. The molecule has 0 amide bonds. The van der Waals surface area contributed by atoms with E-state index in [1.807, 2.05) is 158 Å². The Kier molecular flexibility index (Phi) is 20.8. The zero-order chi connectivity index (χ0) is 47.0. The first kappa shape index (κ1) is 50.8. The van der Waals surface area contributed by atoms with E-state index < -0.39 is 14.3 Å². The summed E-state index contributed by atoms with van der Waals surface area (Å²) in [6, 6.07) is 50.3. The van der Waals surface area contributed by atoms with Crippen LogP contribution in [0.2, 0.25) is 0 Å². The highest BCUT2D eigenvalue weighted by Gasteiger charge is 2.31. The highest BCUT2D eigenvalue weighted by atomic mass is 31.2. The van der Waals surface area contributed by atoms with E-state index in [-0.39, 0.29) is 0 Å². The van der Waals surface area contributed by atoms with Gasteiger partial charge in [-0.3, -0.25) is 0 Å². The summed E-state index contributed by atoms with van der Waals surface area (Å²) >= 11 is 0. The second-order valence-electron chi connectivity index (χ2n) is 18.3. The van der Waals surface area contributed by atoms with Gasteiger partial charge in [0.25, 0.3) is 0 Å². The van der Waals surface area contributed by atoms with E-state index in [1.165, 1.54) is 77.0 Å². The summed E-state index contributed by atoms with van der Waals surface area (Å²) in [5.41, 5.74) is 0. The average Bonchev–Trinajstić information content (AvgIpc) is 3.42. The smallest absolute Gasteiger partial charge is 0.171 e. The summed E-state index contributed by atoms with van der Waals surface area (Å²) in [5, 5.41) is 4.65. The summed E-state index contributed by atoms with van der Waals surface area (Å²) < 4.78 is 54.3. The molecule has 9 aliphatic rings. The summed E-state index contributed by atoms with van der Waals surface area (Å²) in [4.78, 5) is 0. The van der Waals surface area contributed by atoms with Crippen LogP contribution in [0.1, 0.15) is 128 Å². The fourth-order valence-electron chi connectivity index (χ4n) is 9.18. The number of benzene rings is 6. The lowest BCUT2D eigenvalue weighted by Gasteiger charge is -2.21. The van der Waals surface area contributed by atoms with Gasteiger partial charge >= 0.3 is 0 Å². The lowest BCUT2D eigenvalue weighted by molar-refractivity contribution is 0.287. The van der Waals surface area contributed by atoms with Gasteiger partial charge in [0.15, 0.2) is 14.3 Å². The van der Waals surface area contributed by atoms with Crippen molar-refractivity contribution in [3.05, 3.63) is 158 Å². The van der Waals surface area contributed by atoms with Crippen LogP contribution in [-0.2, 0) is 9.13 Å². The molecule has 2 fully saturated rings. The van der Waals surface area contributed by atoms with Crippen molar-refractivity contribution in [2.75, 3.05) is 26.4 Å². The molecular formula is C60H74O6P2. The van der Waals surface area contributed by atoms with E-state index in [0.717, 1.165) is 106 Å². The van der Waals surface area contributed by atoms with Crippen molar-refractivity contribution in [2.45, 2.75) is 128 Å². The van der Waals surface area contributed by atoms with Gasteiger partial charge in [0.05, 0.1) is 26.4 Å². The van der Waals surface area contributed by atoms with Crippen LogP contribution in [0.5, 0.6) is 23.0 Å². The molecule has 68 heavy (non-hydrogen) atoms. The Morgan fingerprint density at radius 3 is 0.603 bits per heavy atom. The molecule has 2 saturated carbocycles. The van der Waals surface area contributed by atoms with Crippen LogP contribution in [0.3, 0.4) is 0 Å². The van der Waals surface area contributed by atoms with Crippen molar-refractivity contribution >= 4 is 46.1 Å². The standard InChI is InChI=1S/C48H50O6P2.2C6H12/c49-55(43-15-7-5-8-16-43)45-27-19-39(20-28-45)51-35-11-1-2-12-36-52-40-21-29-46(30-22-40)56(50,44-17-9-6-10-18-44)48-33-25-42(26-34-48)54-38-14-4-3-13-37-53-41-23-31-47(55)32-24-41;2*1-2-4-6-5-3-1/h5-10,15-34H,1-4,11-14,35-38H2;2*1-6H2. The van der Waals surface area contributed by atoms with Gasteiger partial charge in [-0.05, 0) is 148 Å². The Morgan fingerprint density at radius 1 is 0.221 bits per heavy atom. The van der Waals surface area contributed by atoms with Gasteiger partial charge in [-0.25, -0.2) is 0 Å². The second kappa shape index (κ2) is 27.8. The fourth-order valence-corrected chi connectivity index (χ4v) is 14.4. The van der Waals surface area contributed by atoms with E-state index in [4.69, 9.17) is 18.9 Å². The van der Waals surface area contributed by atoms with Gasteiger partial charge in [-0.1, -0.05) is 138 Å². The van der Waals surface area contributed by atoms with Crippen LogP contribution in [-0.4, -0.2) is 26.4 Å². The van der Waals surface area contributed by atoms with E-state index in [2.05, 4.69) is 0 Å². The van der Waals surface area contributed by atoms with Gasteiger partial charge in [-0.2, -0.15) is 0 Å². The molecule has 15 rings (SSSR count). The van der Waals surface area contributed by atoms with E-state index in [9.17, 15) is 9.13 Å². The van der Waals surface area contributed by atoms with Crippen LogP contribution in [0.4, 0.5) is 0 Å². The zero-order valence-electron chi connectivity index (χ0n) is 40.3. The molecule has 0 spiro atoms. The molecule has 6 aromatic rings. The van der Waals surface area contributed by atoms with Crippen LogP contribution in [0.15, 0.2) is 158 Å². The number of hydrogen-bond acceptors (Lipinski definition) is 6. The minimum atomic E-state index is -3.12. The summed E-state index contributed by atoms with van der Waals surface area (Å²) in [6.07, 6.45) is 25.8. The Bertz CT molecular complexity index is 2080. The maximum Gasteiger partial charge on any atom is 0.171 e. The van der Waals surface area contributed by atoms with Gasteiger partial charge in [-0.15, -0.1) is 0 Å². The van der Waals surface area contributed by atoms with Gasteiger partial charge < -0.3 is 28.1 Å². The summed E-state index contributed by atoms with van der Waals surface area (Å²) in [6.45, 7) is 2.43. The molecule has 7 heterocycles. The van der Waals surface area contributed by atoms with Crippen LogP contribution in [0, 0.1) is 0 Å². The number of hydrogen-bond donors (Lipinski definition) is 0. The third-order valence-electron chi connectivity index (χ3n) is 13.2. The third kappa shape index (κ3) is 15.0. The molecule has 2 aliphatic carbocycles. The lowest BCUT2D eigenvalue weighted by Crippen LogP contribution is -2.25. The molecule has 0 N–H and O–H groups in total. The molecule has 6 nitrogen and oxygen atoms in total. The van der Waals surface area contributed by atoms with Crippen molar-refractivity contribution < 1.29 is 28.1 Å². The molecular weight excluding hydrogens is 879 g/mol. The predicted octanol–water partition coefficient (Wildman–Crippen LogP) is 14.0. The first-order valence-electron chi connectivity index (χ1n) is 25.8. The molecule has 6 aromatic carbocycles. The van der Waals surface area contributed by atoms with Crippen molar-refractivity contribution in [1.29, 1.82) is 0 Å². The largest absolute Gasteiger partial charge is 0.494 e. The van der Waals surface area contributed by atoms with Crippen LogP contribution < -0.4 is 50.8 Å². The van der Waals surface area contributed by atoms with Crippen molar-refractivity contribution in [2.24, 2.45) is 0 Å². The number of ether oxygens (including phenoxy) is 4. The summed E-state index contributed by atoms with van der Waals surface area (Å²) in [7, 11) is -6.24. The molecule has 0 saturated heterocycles. The zero-order valence-corrected chi connectivity index (χ0v) is 42.1. The predicted molar refractivity (Wildman–Crippen MR) is 286 cm³/mol. The normalized spacial score (nSPS) is 20.8. The highest BCUT2D eigenvalue weighted by molar-refractivity contribution is 7.85. The third-order valence-corrected chi connectivity index (χ3v) is 19.3. The van der Waals surface area contributed by atoms with E-state index in [0.29, 0.717) is 26.4 Å². The lowest BCUT2D eigenvalue weighted by atomic mass is 10.0. The van der Waals surface area contributed by atoms with Gasteiger partial charge in [0.1, 0.15) is 23.0 Å². The van der Waals surface area contributed by atoms with Crippen molar-refractivity contribution in [3.8, 4) is 23.0 Å². The average molecular weight is 953 g/mol. The highest BCUT2D eigenvalue weighted by Crippen LogP contribution is 2.44. The van der Waals surface area contributed by atoms with Gasteiger partial charge in [0.2, 0.25) is 0 Å². The topological polar surface area (TPSA) is 71.1 Å². The SMILES string of the molecule is C1CCCCC1.C1CCCCC1.O=P1(c2ccccc2)c2ccc(cc2)OCCCCCCOc2ccc(cc2)P(=O)(c2ccccc2)c2ccc(cc2)OCCCCCCOc2ccc1cc2. The van der Waals surface area contributed by atoms with E-state index >= 15 is 0 Å². The minimum Gasteiger partial charge on any atom is -0.494 e. The Hall–Kier alpha value is -5.02. The maximum absolute atomic E-state index is 15.0. The molecule has 7 aliphatic heterocycles.